The number of hydrogen-bond donors (Lipinski definition) is 1. The number of amides is 1. The summed E-state index contributed by atoms with van der Waals surface area (Å²) in [7, 11) is -4.00. The number of alkyl halides is 3. The number of fused-ring (bicyclic) bond motifs is 1. The van der Waals surface area contributed by atoms with Crippen LogP contribution in [0.5, 0.6) is 5.75 Å². The molecule has 0 aliphatic carbocycles. The highest BCUT2D eigenvalue weighted by atomic mass is 32.2. The highest BCUT2D eigenvalue weighted by Gasteiger charge is 2.31. The molecule has 10 heteroatoms. The number of anilines is 2. The number of hydrogen-bond acceptors (Lipinski definition) is 4. The van der Waals surface area contributed by atoms with Crippen molar-refractivity contribution >= 4 is 27.3 Å². The van der Waals surface area contributed by atoms with Crippen LogP contribution in [-0.4, -0.2) is 27.2 Å². The first kappa shape index (κ1) is 20.0. The molecule has 0 saturated carbocycles. The lowest BCUT2D eigenvalue weighted by Gasteiger charge is -2.28. The highest BCUT2D eigenvalue weighted by Crippen LogP contribution is 2.31. The van der Waals surface area contributed by atoms with Gasteiger partial charge in [0.2, 0.25) is 5.91 Å². The van der Waals surface area contributed by atoms with Gasteiger partial charge in [-0.05, 0) is 61.4 Å². The van der Waals surface area contributed by atoms with Crippen LogP contribution in [0.2, 0.25) is 0 Å². The van der Waals surface area contributed by atoms with E-state index in [1.807, 2.05) is 6.92 Å². The van der Waals surface area contributed by atoms with Crippen LogP contribution in [-0.2, 0) is 21.2 Å². The molecule has 2 aromatic rings. The second kappa shape index (κ2) is 7.34. The number of nitrogens with zero attached hydrogens (tertiary/aromatic N) is 1. The molecule has 3 rings (SSSR count). The third-order valence-corrected chi connectivity index (χ3v) is 5.61. The summed E-state index contributed by atoms with van der Waals surface area (Å²) in [5.74, 6) is -0.492. The summed E-state index contributed by atoms with van der Waals surface area (Å²) in [5.41, 5.74) is 1.89. The Morgan fingerprint density at radius 1 is 1.11 bits per heavy atom. The molecule has 2 aromatic carbocycles. The molecule has 1 aliphatic heterocycles. The van der Waals surface area contributed by atoms with Crippen LogP contribution in [0.25, 0.3) is 0 Å². The van der Waals surface area contributed by atoms with Crippen molar-refractivity contribution in [1.82, 2.24) is 0 Å². The normalized spacial score (nSPS) is 14.6. The summed E-state index contributed by atoms with van der Waals surface area (Å²) in [6.07, 6.45) is -4.00. The largest absolute Gasteiger partial charge is 0.573 e. The predicted molar refractivity (Wildman–Crippen MR) is 96.7 cm³/mol. The Labute approximate surface area is 160 Å². The molecule has 0 spiro atoms. The summed E-state index contributed by atoms with van der Waals surface area (Å²) in [6.45, 7) is 2.37. The third kappa shape index (κ3) is 4.38. The molecule has 1 N–H and O–H groups in total. The van der Waals surface area contributed by atoms with Crippen molar-refractivity contribution in [2.45, 2.75) is 31.0 Å². The van der Waals surface area contributed by atoms with Gasteiger partial charge in [-0.2, -0.15) is 0 Å². The van der Waals surface area contributed by atoms with E-state index in [2.05, 4.69) is 9.46 Å². The Bertz CT molecular complexity index is 989. The van der Waals surface area contributed by atoms with Gasteiger partial charge in [-0.1, -0.05) is 0 Å². The topological polar surface area (TPSA) is 75.7 Å². The first-order chi connectivity index (χ1) is 13.1. The average Bonchev–Trinajstić information content (AvgIpc) is 2.60. The Kier molecular flexibility index (Phi) is 5.24. The monoisotopic (exact) mass is 414 g/mol. The maximum absolute atomic E-state index is 12.5. The quantitative estimate of drug-likeness (QED) is 0.810. The van der Waals surface area contributed by atoms with Crippen molar-refractivity contribution in [3.8, 4) is 5.75 Å². The fourth-order valence-electron chi connectivity index (χ4n) is 3.00. The number of rotatable bonds is 5. The summed E-state index contributed by atoms with van der Waals surface area (Å²) < 4.78 is 67.7. The Morgan fingerprint density at radius 3 is 2.39 bits per heavy atom. The Hall–Kier alpha value is -2.75. The average molecular weight is 414 g/mol. The van der Waals surface area contributed by atoms with Crippen LogP contribution in [0.3, 0.4) is 0 Å². The number of benzene rings is 2. The molecule has 0 fully saturated rings. The lowest BCUT2D eigenvalue weighted by atomic mass is 10.0. The van der Waals surface area contributed by atoms with Crippen LogP contribution >= 0.6 is 0 Å². The maximum Gasteiger partial charge on any atom is 0.573 e. The zero-order valence-corrected chi connectivity index (χ0v) is 15.6. The lowest BCUT2D eigenvalue weighted by molar-refractivity contribution is -0.274. The molecule has 6 nitrogen and oxygen atoms in total. The SMILES string of the molecule is CCN1C(=O)CCc2cc(NS(=O)(=O)c3ccc(OC(F)(F)F)cc3)ccc21. The molecule has 28 heavy (non-hydrogen) atoms. The van der Waals surface area contributed by atoms with Gasteiger partial charge in [-0.3, -0.25) is 9.52 Å². The van der Waals surface area contributed by atoms with Crippen molar-refractivity contribution < 1.29 is 31.1 Å². The Morgan fingerprint density at radius 2 is 1.79 bits per heavy atom. The predicted octanol–water partition coefficient (Wildman–Crippen LogP) is 3.69. The van der Waals surface area contributed by atoms with Gasteiger partial charge in [0.1, 0.15) is 5.75 Å². The van der Waals surface area contributed by atoms with E-state index in [1.165, 1.54) is 0 Å². The first-order valence-electron chi connectivity index (χ1n) is 8.41. The van der Waals surface area contributed by atoms with Gasteiger partial charge >= 0.3 is 6.36 Å². The van der Waals surface area contributed by atoms with Crippen LogP contribution < -0.4 is 14.4 Å². The van der Waals surface area contributed by atoms with Crippen LogP contribution in [0.1, 0.15) is 18.9 Å². The van der Waals surface area contributed by atoms with Crippen molar-refractivity contribution in [3.05, 3.63) is 48.0 Å². The van der Waals surface area contributed by atoms with Crippen molar-refractivity contribution in [3.63, 3.8) is 0 Å². The zero-order chi connectivity index (χ0) is 20.5. The van der Waals surface area contributed by atoms with E-state index in [4.69, 9.17) is 0 Å². The number of nitrogens with one attached hydrogen (secondary N) is 1. The van der Waals surface area contributed by atoms with E-state index in [0.29, 0.717) is 25.1 Å². The molecule has 0 unspecified atom stereocenters. The molecule has 1 heterocycles. The van der Waals surface area contributed by atoms with Crippen LogP contribution in [0.15, 0.2) is 47.4 Å². The molecule has 150 valence electrons. The van der Waals surface area contributed by atoms with Crippen molar-refractivity contribution in [2.75, 3.05) is 16.2 Å². The van der Waals surface area contributed by atoms with Gasteiger partial charge in [0, 0.05) is 24.3 Å². The van der Waals surface area contributed by atoms with Crippen molar-refractivity contribution in [2.24, 2.45) is 0 Å². The third-order valence-electron chi connectivity index (χ3n) is 4.22. The molecule has 1 aliphatic rings. The summed E-state index contributed by atoms with van der Waals surface area (Å²) in [6, 6.07) is 8.79. The van der Waals surface area contributed by atoms with Gasteiger partial charge in [-0.15, -0.1) is 13.2 Å². The van der Waals surface area contributed by atoms with Crippen LogP contribution in [0, 0.1) is 0 Å². The first-order valence-corrected chi connectivity index (χ1v) is 9.89. The minimum Gasteiger partial charge on any atom is -0.406 e. The zero-order valence-electron chi connectivity index (χ0n) is 14.8. The second-order valence-corrected chi connectivity index (χ2v) is 7.79. The van der Waals surface area contributed by atoms with E-state index in [0.717, 1.165) is 35.5 Å². The highest BCUT2D eigenvalue weighted by molar-refractivity contribution is 7.92. The van der Waals surface area contributed by atoms with E-state index < -0.39 is 22.1 Å². The fraction of sp³-hybridized carbons (Fsp3) is 0.278. The molecule has 0 aromatic heterocycles. The van der Waals surface area contributed by atoms with Crippen LogP contribution in [0.4, 0.5) is 24.5 Å². The molecule has 0 radical (unpaired) electrons. The second-order valence-electron chi connectivity index (χ2n) is 6.11. The Balaban J connectivity index is 1.80. The molecule has 1 amide bonds. The molecule has 0 bridgehead atoms. The number of halogens is 3. The van der Waals surface area contributed by atoms with E-state index in [9.17, 15) is 26.4 Å². The number of carbonyl (C=O) groups excluding carboxylic acids is 1. The smallest absolute Gasteiger partial charge is 0.406 e. The van der Waals surface area contributed by atoms with Gasteiger partial charge in [0.25, 0.3) is 10.0 Å². The van der Waals surface area contributed by atoms with Gasteiger partial charge < -0.3 is 9.64 Å². The number of sulfonamides is 1. The fourth-order valence-corrected chi connectivity index (χ4v) is 4.05. The minimum atomic E-state index is -4.85. The van der Waals surface area contributed by atoms with E-state index >= 15 is 0 Å². The van der Waals surface area contributed by atoms with Crippen molar-refractivity contribution in [1.29, 1.82) is 0 Å². The van der Waals surface area contributed by atoms with Gasteiger partial charge in [0.15, 0.2) is 0 Å². The van der Waals surface area contributed by atoms with Gasteiger partial charge in [-0.25, -0.2) is 8.42 Å². The molecular formula is C18H17F3N2O4S. The lowest BCUT2D eigenvalue weighted by Crippen LogP contribution is -2.34. The summed E-state index contributed by atoms with van der Waals surface area (Å²) >= 11 is 0. The van der Waals surface area contributed by atoms with E-state index in [1.54, 1.807) is 23.1 Å². The van der Waals surface area contributed by atoms with E-state index in [-0.39, 0.29) is 10.8 Å². The minimum absolute atomic E-state index is 0.0181. The standard InChI is InChI=1S/C18H17F3N2O4S/c1-2-23-16-9-4-13(11-12(16)3-10-17(23)24)22-28(25,26)15-7-5-14(6-8-15)27-18(19,20)21/h4-9,11,22H,2-3,10H2,1H3. The number of ether oxygens (including phenoxy) is 1. The van der Waals surface area contributed by atoms with Gasteiger partial charge in [0.05, 0.1) is 4.90 Å². The molecule has 0 atom stereocenters. The summed E-state index contributed by atoms with van der Waals surface area (Å²) in [4.78, 5) is 13.4. The summed E-state index contributed by atoms with van der Waals surface area (Å²) in [5, 5.41) is 0. The maximum atomic E-state index is 12.5. The molecule has 0 saturated heterocycles. The number of carbonyl (C=O) groups is 1. The molecular weight excluding hydrogens is 397 g/mol. The number of aryl methyl sites for hydroxylation is 1.